The molecule has 4 nitrogen and oxygen atoms in total. The van der Waals surface area contributed by atoms with Crippen LogP contribution in [0.1, 0.15) is 37.9 Å². The molecule has 1 aromatic rings. The van der Waals surface area contributed by atoms with E-state index in [0.717, 1.165) is 37.8 Å². The van der Waals surface area contributed by atoms with Crippen molar-refractivity contribution >= 4 is 5.82 Å². The predicted octanol–water partition coefficient (Wildman–Crippen LogP) is 2.40. The minimum absolute atomic E-state index is 0.441. The van der Waals surface area contributed by atoms with Crippen LogP contribution in [0.5, 0.6) is 0 Å². The number of pyridine rings is 1. The summed E-state index contributed by atoms with van der Waals surface area (Å²) in [5.74, 6) is 1.46. The van der Waals surface area contributed by atoms with Crippen LogP contribution in [-0.2, 0) is 11.3 Å². The molecule has 0 aromatic carbocycles. The quantitative estimate of drug-likeness (QED) is 0.732. The van der Waals surface area contributed by atoms with Crippen LogP contribution in [0.4, 0.5) is 5.82 Å². The lowest BCUT2D eigenvalue weighted by atomic mass is 10.1. The van der Waals surface area contributed by atoms with Gasteiger partial charge in [0.2, 0.25) is 0 Å². The van der Waals surface area contributed by atoms with E-state index in [4.69, 9.17) is 9.72 Å². The van der Waals surface area contributed by atoms with E-state index in [-0.39, 0.29) is 0 Å². The number of nitrogens with zero attached hydrogens (tertiary/aromatic N) is 2. The summed E-state index contributed by atoms with van der Waals surface area (Å²) in [4.78, 5) is 6.89. The normalized spacial score (nSPS) is 11.1. The first-order valence-electron chi connectivity index (χ1n) is 7.02. The Labute approximate surface area is 117 Å². The van der Waals surface area contributed by atoms with Crippen molar-refractivity contribution in [1.29, 1.82) is 0 Å². The number of hydrogen-bond acceptors (Lipinski definition) is 4. The van der Waals surface area contributed by atoms with Gasteiger partial charge in [0.05, 0.1) is 6.61 Å². The highest BCUT2D eigenvalue weighted by atomic mass is 16.5. The van der Waals surface area contributed by atoms with E-state index in [9.17, 15) is 0 Å². The van der Waals surface area contributed by atoms with Crippen molar-refractivity contribution < 1.29 is 4.74 Å². The summed E-state index contributed by atoms with van der Waals surface area (Å²) in [6.07, 6.45) is 0. The summed E-state index contributed by atoms with van der Waals surface area (Å²) in [5.41, 5.74) is 2.42. The second-order valence-corrected chi connectivity index (χ2v) is 5.06. The monoisotopic (exact) mass is 265 g/mol. The van der Waals surface area contributed by atoms with Crippen LogP contribution in [-0.4, -0.2) is 38.8 Å². The smallest absolute Gasteiger partial charge is 0.128 e. The van der Waals surface area contributed by atoms with E-state index < -0.39 is 0 Å². The predicted molar refractivity (Wildman–Crippen MR) is 80.9 cm³/mol. The van der Waals surface area contributed by atoms with Crippen LogP contribution in [0.3, 0.4) is 0 Å². The number of likely N-dealkylation sites (N-methyl/N-ethyl adjacent to an activating group) is 1. The second-order valence-electron chi connectivity index (χ2n) is 5.06. The standard InChI is InChI=1S/C15H27N3O/c1-6-19-8-7-18(5)15-10-13(11-16-4)9-14(17-15)12(2)3/h9-10,12,16H,6-8,11H2,1-5H3. The fourth-order valence-electron chi connectivity index (χ4n) is 1.85. The topological polar surface area (TPSA) is 37.4 Å². The first-order chi connectivity index (χ1) is 9.08. The van der Waals surface area contributed by atoms with Crippen LogP contribution >= 0.6 is 0 Å². The molecular formula is C15H27N3O. The van der Waals surface area contributed by atoms with Gasteiger partial charge >= 0.3 is 0 Å². The molecule has 0 saturated carbocycles. The maximum absolute atomic E-state index is 5.40. The first kappa shape index (κ1) is 15.9. The van der Waals surface area contributed by atoms with E-state index in [2.05, 4.69) is 43.2 Å². The minimum Gasteiger partial charge on any atom is -0.380 e. The van der Waals surface area contributed by atoms with Crippen molar-refractivity contribution in [2.75, 3.05) is 38.8 Å². The number of ether oxygens (including phenoxy) is 1. The third-order valence-corrected chi connectivity index (χ3v) is 3.03. The average molecular weight is 265 g/mol. The summed E-state index contributed by atoms with van der Waals surface area (Å²) >= 11 is 0. The molecule has 1 N–H and O–H groups in total. The van der Waals surface area contributed by atoms with Crippen molar-refractivity contribution in [3.05, 3.63) is 23.4 Å². The fourth-order valence-corrected chi connectivity index (χ4v) is 1.85. The summed E-state index contributed by atoms with van der Waals surface area (Å²) in [6, 6.07) is 4.33. The lowest BCUT2D eigenvalue weighted by molar-refractivity contribution is 0.154. The van der Waals surface area contributed by atoms with Crippen LogP contribution in [0.2, 0.25) is 0 Å². The Bertz CT molecular complexity index is 380. The molecule has 0 bridgehead atoms. The second kappa shape index (κ2) is 8.12. The Kier molecular flexibility index (Phi) is 6.81. The van der Waals surface area contributed by atoms with Gasteiger partial charge < -0.3 is 15.0 Å². The van der Waals surface area contributed by atoms with Crippen molar-refractivity contribution in [2.45, 2.75) is 33.2 Å². The van der Waals surface area contributed by atoms with Gasteiger partial charge in [0.15, 0.2) is 0 Å². The van der Waals surface area contributed by atoms with Crippen molar-refractivity contribution in [3.63, 3.8) is 0 Å². The van der Waals surface area contributed by atoms with Gasteiger partial charge in [-0.3, -0.25) is 0 Å². The van der Waals surface area contributed by atoms with Gasteiger partial charge in [-0.05, 0) is 37.6 Å². The summed E-state index contributed by atoms with van der Waals surface area (Å²) < 4.78 is 5.40. The molecular weight excluding hydrogens is 238 g/mol. The van der Waals surface area contributed by atoms with Gasteiger partial charge in [-0.25, -0.2) is 4.98 Å². The molecule has 0 radical (unpaired) electrons. The number of anilines is 1. The maximum atomic E-state index is 5.40. The maximum Gasteiger partial charge on any atom is 0.128 e. The zero-order valence-corrected chi connectivity index (χ0v) is 12.9. The molecule has 0 saturated heterocycles. The third kappa shape index (κ3) is 5.17. The molecule has 0 aliphatic heterocycles. The zero-order valence-electron chi connectivity index (χ0n) is 12.9. The van der Waals surface area contributed by atoms with E-state index in [1.807, 2.05) is 14.0 Å². The number of nitrogens with one attached hydrogen (secondary N) is 1. The molecule has 1 heterocycles. The SMILES string of the molecule is CCOCCN(C)c1cc(CNC)cc(C(C)C)n1. The fraction of sp³-hybridized carbons (Fsp3) is 0.667. The molecule has 4 heteroatoms. The van der Waals surface area contributed by atoms with Crippen molar-refractivity contribution in [3.8, 4) is 0 Å². The summed E-state index contributed by atoms with van der Waals surface area (Å²) in [5, 5.41) is 3.20. The van der Waals surface area contributed by atoms with Gasteiger partial charge in [0, 0.05) is 32.4 Å². The van der Waals surface area contributed by atoms with Gasteiger partial charge in [-0.2, -0.15) is 0 Å². The van der Waals surface area contributed by atoms with Crippen LogP contribution in [0.25, 0.3) is 0 Å². The van der Waals surface area contributed by atoms with Crippen LogP contribution in [0, 0.1) is 0 Å². The molecule has 0 aliphatic carbocycles. The molecule has 108 valence electrons. The highest BCUT2D eigenvalue weighted by molar-refractivity contribution is 5.42. The van der Waals surface area contributed by atoms with Crippen LogP contribution < -0.4 is 10.2 Å². The first-order valence-corrected chi connectivity index (χ1v) is 7.02. The molecule has 1 rings (SSSR count). The molecule has 0 unspecified atom stereocenters. The Morgan fingerprint density at radius 1 is 1.37 bits per heavy atom. The van der Waals surface area contributed by atoms with E-state index in [0.29, 0.717) is 5.92 Å². The zero-order chi connectivity index (χ0) is 14.3. The number of hydrogen-bond donors (Lipinski definition) is 1. The minimum atomic E-state index is 0.441. The van der Waals surface area contributed by atoms with Gasteiger partial charge in [0.1, 0.15) is 5.82 Å². The number of rotatable bonds is 8. The molecule has 0 fully saturated rings. The molecule has 1 aromatic heterocycles. The molecule has 0 aliphatic rings. The average Bonchev–Trinajstić information content (AvgIpc) is 2.39. The van der Waals surface area contributed by atoms with Crippen LogP contribution in [0.15, 0.2) is 12.1 Å². The molecule has 19 heavy (non-hydrogen) atoms. The molecule has 0 atom stereocenters. The van der Waals surface area contributed by atoms with Crippen molar-refractivity contribution in [2.24, 2.45) is 0 Å². The van der Waals surface area contributed by atoms with Gasteiger partial charge in [-0.1, -0.05) is 13.8 Å². The van der Waals surface area contributed by atoms with E-state index >= 15 is 0 Å². The Morgan fingerprint density at radius 3 is 2.68 bits per heavy atom. The Morgan fingerprint density at radius 2 is 2.11 bits per heavy atom. The van der Waals surface area contributed by atoms with Crippen molar-refractivity contribution in [1.82, 2.24) is 10.3 Å². The highest BCUT2D eigenvalue weighted by Crippen LogP contribution is 2.19. The lowest BCUT2D eigenvalue weighted by Gasteiger charge is -2.20. The third-order valence-electron chi connectivity index (χ3n) is 3.03. The lowest BCUT2D eigenvalue weighted by Crippen LogP contribution is -2.24. The van der Waals surface area contributed by atoms with Gasteiger partial charge in [0.25, 0.3) is 0 Å². The summed E-state index contributed by atoms with van der Waals surface area (Å²) in [7, 11) is 4.03. The van der Waals surface area contributed by atoms with Gasteiger partial charge in [-0.15, -0.1) is 0 Å². The number of aromatic nitrogens is 1. The summed E-state index contributed by atoms with van der Waals surface area (Å²) in [6.45, 7) is 9.60. The van der Waals surface area contributed by atoms with E-state index in [1.54, 1.807) is 0 Å². The molecule has 0 amide bonds. The Balaban J connectivity index is 2.85. The molecule has 0 spiro atoms. The van der Waals surface area contributed by atoms with E-state index in [1.165, 1.54) is 5.56 Å². The largest absolute Gasteiger partial charge is 0.380 e. The highest BCUT2D eigenvalue weighted by Gasteiger charge is 2.09. The Hall–Kier alpha value is -1.13.